The van der Waals surface area contributed by atoms with Crippen molar-refractivity contribution in [1.82, 2.24) is 10.8 Å². The Hall–Kier alpha value is -4.20. The highest BCUT2D eigenvalue weighted by Crippen LogP contribution is 2.49. The number of terminal acetylenes is 1. The molecule has 4 N–H and O–H groups in total. The van der Waals surface area contributed by atoms with E-state index in [2.05, 4.69) is 28.6 Å². The molecular weight excluding hydrogens is 1070 g/mol. The number of likely N-dealkylation sites (N-methyl/N-ethyl adjacent to an activating group) is 1. The van der Waals surface area contributed by atoms with Crippen LogP contribution < -0.4 is 25.0 Å². The second kappa shape index (κ2) is 28.0. The average Bonchev–Trinajstić information content (AvgIpc) is 3.41. The number of rotatable bonds is 19. The second-order valence-corrected chi connectivity index (χ2v) is 24.2. The van der Waals surface area contributed by atoms with E-state index < -0.39 is 84.1 Å². The molecule has 0 amide bonds. The Balaban J connectivity index is 1.08. The number of alkyl halides is 3. The average molecular weight is 1150 g/mol. The third-order valence-corrected chi connectivity index (χ3v) is 18.8. The van der Waals surface area contributed by atoms with Crippen molar-refractivity contribution in [3.8, 4) is 41.4 Å². The molecule has 3 saturated heterocycles. The van der Waals surface area contributed by atoms with E-state index >= 15 is 0 Å². The van der Waals surface area contributed by atoms with Gasteiger partial charge in [-0.05, 0) is 107 Å². The third kappa shape index (κ3) is 15.2. The Morgan fingerprint density at radius 1 is 0.897 bits per heavy atom. The number of ketones is 1. The molecule has 0 bridgehead atoms. The number of benzene rings is 2. The zero-order valence-electron chi connectivity index (χ0n) is 46.1. The van der Waals surface area contributed by atoms with Crippen LogP contribution in [0.2, 0.25) is 0 Å². The van der Waals surface area contributed by atoms with E-state index in [1.807, 2.05) is 47.6 Å². The summed E-state index contributed by atoms with van der Waals surface area (Å²) in [5, 5.41) is 24.7. The Morgan fingerprint density at radius 2 is 1.56 bits per heavy atom. The van der Waals surface area contributed by atoms with Crippen LogP contribution in [-0.2, 0) is 44.2 Å². The van der Waals surface area contributed by atoms with E-state index in [0.29, 0.717) is 52.3 Å². The van der Waals surface area contributed by atoms with Gasteiger partial charge in [-0.3, -0.25) is 14.4 Å². The van der Waals surface area contributed by atoms with Crippen LogP contribution in [0.3, 0.4) is 0 Å². The van der Waals surface area contributed by atoms with Gasteiger partial charge in [-0.1, -0.05) is 76.2 Å². The fourth-order valence-electron chi connectivity index (χ4n) is 9.82. The molecule has 21 heteroatoms. The molecule has 2 aromatic rings. The van der Waals surface area contributed by atoms with Crippen LogP contribution in [0, 0.1) is 44.0 Å². The van der Waals surface area contributed by atoms with Crippen molar-refractivity contribution in [3.63, 3.8) is 0 Å². The van der Waals surface area contributed by atoms with Crippen molar-refractivity contribution < 1.29 is 75.7 Å². The summed E-state index contributed by atoms with van der Waals surface area (Å²) in [5.74, 6) is 9.44. The van der Waals surface area contributed by atoms with E-state index in [0.717, 1.165) is 35.0 Å². The summed E-state index contributed by atoms with van der Waals surface area (Å²) >= 11 is 1.14. The number of thioether (sulfide) groups is 1. The van der Waals surface area contributed by atoms with Crippen LogP contribution in [0.5, 0.6) is 17.2 Å². The number of hydrogen-bond acceptors (Lipinski definition) is 18. The molecule has 8 unspecified atom stereocenters. The molecule has 0 saturated carbocycles. The van der Waals surface area contributed by atoms with Gasteiger partial charge in [0.15, 0.2) is 29.9 Å². The predicted molar refractivity (Wildman–Crippen MR) is 296 cm³/mol. The van der Waals surface area contributed by atoms with Crippen molar-refractivity contribution in [1.29, 1.82) is 0 Å². The lowest BCUT2D eigenvalue weighted by atomic mass is 9.79. The minimum absolute atomic E-state index is 0.00889. The molecule has 2 aromatic carbocycles. The fourth-order valence-corrected chi connectivity index (χ4v) is 13.4. The van der Waals surface area contributed by atoms with Crippen LogP contribution in [0.4, 0.5) is 13.2 Å². The molecule has 6 rings (SSSR count). The number of carbonyl (C=O) groups is 2. The monoisotopic (exact) mass is 1150 g/mol. The van der Waals surface area contributed by atoms with Gasteiger partial charge in [0.25, 0.3) is 0 Å². The normalized spacial score (nSPS) is 28.9. The van der Waals surface area contributed by atoms with Gasteiger partial charge in [-0.25, -0.2) is 0 Å². The number of nitrogens with one attached hydrogen (secondary N) is 2. The molecule has 0 aromatic heterocycles. The number of aliphatic hydroxyl groups is 2. The van der Waals surface area contributed by atoms with Crippen LogP contribution >= 0.6 is 33.3 Å². The lowest BCUT2D eigenvalue weighted by Gasteiger charge is -2.41. The summed E-state index contributed by atoms with van der Waals surface area (Å²) in [6.07, 6.45) is 0.0585. The summed E-state index contributed by atoms with van der Waals surface area (Å²) in [7, 11) is 9.16. The standard InChI is InChI=1S/C57H73F3N2O13S3/c1-14-15-16-17-18-41(48-38(30(2)27-39(63)50(48)61-10)25-26-76-78-56(8,9)36-19-21-37(22-20-36)57(58,59)60)73-45-28-40(64)49(34(6)71-45)62-75-44-24-23-43(33(5)70-44)77-55(66)47-31(3)32(4)52(54(69-13)53(47)68-12)74-46-29-42(67-11)51(65)35(7)72-46/h1,15-16,19-22,25,30,33-35,40-46,49,51,61-62,64-65H,23-24,26-29H2,2-13H3/b16-15-,38-25-/t30?,33?,34?,35-,40?,41-,42-,43-,44?,45?,46?,49+,51?/m0/s1. The summed E-state index contributed by atoms with van der Waals surface area (Å²) in [4.78, 5) is 33.9. The first kappa shape index (κ1) is 63.0. The Kier molecular flexibility index (Phi) is 22.6. The number of ether oxygens (including phenoxy) is 8. The van der Waals surface area contributed by atoms with Crippen LogP contribution in [0.1, 0.15) is 106 Å². The molecule has 0 radical (unpaired) electrons. The number of aliphatic hydroxyl groups excluding tert-OH is 2. The molecule has 3 heterocycles. The number of halogens is 3. The maximum Gasteiger partial charge on any atom is 0.416 e. The topological polar surface area (TPSA) is 182 Å². The Labute approximate surface area is 468 Å². The van der Waals surface area contributed by atoms with Crippen molar-refractivity contribution in [2.75, 3.05) is 34.1 Å². The van der Waals surface area contributed by atoms with Crippen molar-refractivity contribution in [2.24, 2.45) is 5.92 Å². The SMILES string of the molecule is C#C/C=C\C#C[C@H](OC1CC(O)[C@H](NOC2CC[C@H](SC(=O)c3c(C)c(C)c(OC4C[C@H](OC)C(O)[C@H](C)O4)c(OC)c3OC)C(C)O2)C(C)O1)C1=C(NC)C(=O)CC(C)/C1=C/CSSC(C)(C)c1ccc(C(F)(F)F)cc1. The first-order chi connectivity index (χ1) is 37.0. The zero-order chi connectivity index (χ0) is 57.2. The zero-order valence-corrected chi connectivity index (χ0v) is 48.6. The van der Waals surface area contributed by atoms with E-state index in [-0.39, 0.29) is 52.8 Å². The summed E-state index contributed by atoms with van der Waals surface area (Å²) in [5.41, 5.74) is 6.36. The van der Waals surface area contributed by atoms with Crippen LogP contribution in [0.25, 0.3) is 0 Å². The predicted octanol–water partition coefficient (Wildman–Crippen LogP) is 9.29. The molecule has 13 atom stereocenters. The highest BCUT2D eigenvalue weighted by Gasteiger charge is 2.43. The first-order valence-corrected chi connectivity index (χ1v) is 29.0. The van der Waals surface area contributed by atoms with E-state index in [1.165, 1.54) is 67.2 Å². The van der Waals surface area contributed by atoms with E-state index in [4.69, 9.17) is 49.2 Å². The number of Topliss-reactive ketones (excluding diaryl/α,β-unsaturated/α-hetero) is 1. The minimum atomic E-state index is -4.43. The lowest BCUT2D eigenvalue weighted by Crippen LogP contribution is -2.56. The van der Waals surface area contributed by atoms with Crippen molar-refractivity contribution >= 4 is 44.2 Å². The summed E-state index contributed by atoms with van der Waals surface area (Å²) in [6, 6.07) is 4.48. The number of allylic oxidation sites excluding steroid dienone is 3. The molecule has 3 aliphatic heterocycles. The Bertz CT molecular complexity index is 2620. The number of hydroxylamine groups is 1. The fraction of sp³-hybridized carbons (Fsp3) is 0.579. The van der Waals surface area contributed by atoms with Crippen molar-refractivity contribution in [3.05, 3.63) is 87.2 Å². The Morgan fingerprint density at radius 3 is 2.18 bits per heavy atom. The molecule has 428 valence electrons. The van der Waals surface area contributed by atoms with Crippen molar-refractivity contribution in [2.45, 2.75) is 171 Å². The van der Waals surface area contributed by atoms with E-state index in [9.17, 15) is 33.0 Å². The van der Waals surface area contributed by atoms with Gasteiger partial charge >= 0.3 is 6.18 Å². The van der Waals surface area contributed by atoms with Gasteiger partial charge < -0.3 is 53.4 Å². The molecule has 15 nitrogen and oxygen atoms in total. The van der Waals surface area contributed by atoms with E-state index in [1.54, 1.807) is 20.9 Å². The summed E-state index contributed by atoms with van der Waals surface area (Å²) < 4.78 is 87.9. The highest BCUT2D eigenvalue weighted by molar-refractivity contribution is 8.77. The molecule has 3 fully saturated rings. The smallest absolute Gasteiger partial charge is 0.416 e. The van der Waals surface area contributed by atoms with Gasteiger partial charge in [0.2, 0.25) is 17.2 Å². The second-order valence-electron chi connectivity index (χ2n) is 20.0. The molecule has 78 heavy (non-hydrogen) atoms. The van der Waals surface area contributed by atoms with Gasteiger partial charge in [0, 0.05) is 61.2 Å². The number of hydrogen-bond donors (Lipinski definition) is 4. The molecule has 4 aliphatic rings. The lowest BCUT2D eigenvalue weighted by molar-refractivity contribution is -0.266. The maximum atomic E-state index is 14.2. The van der Waals surface area contributed by atoms with Gasteiger partial charge in [0.05, 0.1) is 67.6 Å². The van der Waals surface area contributed by atoms with Gasteiger partial charge in [-0.15, -0.1) is 6.42 Å². The minimum Gasteiger partial charge on any atom is -0.492 e. The number of methoxy groups -OCH3 is 3. The third-order valence-electron chi connectivity index (χ3n) is 14.3. The van der Waals surface area contributed by atoms with Crippen LogP contribution in [-0.4, -0.2) is 128 Å². The first-order valence-electron chi connectivity index (χ1n) is 25.8. The van der Waals surface area contributed by atoms with Crippen LogP contribution in [0.15, 0.2) is 59.3 Å². The largest absolute Gasteiger partial charge is 0.492 e. The summed E-state index contributed by atoms with van der Waals surface area (Å²) in [6.45, 7) is 14.9. The maximum absolute atomic E-state index is 14.2. The van der Waals surface area contributed by atoms with Gasteiger partial charge in [0.1, 0.15) is 12.2 Å². The highest BCUT2D eigenvalue weighted by atomic mass is 33.1. The molecule has 0 spiro atoms. The molecular formula is C57H73F3N2O13S3. The van der Waals surface area contributed by atoms with Gasteiger partial charge in [-0.2, -0.15) is 18.7 Å². The number of carbonyl (C=O) groups excluding carboxylic acids is 2. The molecule has 1 aliphatic carbocycles. The quantitative estimate of drug-likeness (QED) is 0.0452.